The van der Waals surface area contributed by atoms with Gasteiger partial charge in [-0.05, 0) is 24.1 Å². The molecule has 0 atom stereocenters. The molecule has 3 aromatic rings. The number of nitriles is 2. The van der Waals surface area contributed by atoms with Gasteiger partial charge in [0.1, 0.15) is 23.0 Å². The molecule has 0 saturated carbocycles. The summed E-state index contributed by atoms with van der Waals surface area (Å²) in [5.74, 6) is -0.00440. The Bertz CT molecular complexity index is 1080. The van der Waals surface area contributed by atoms with E-state index in [4.69, 9.17) is 21.6 Å². The predicted octanol–water partition coefficient (Wildman–Crippen LogP) is 4.60. The Balaban J connectivity index is 2.11. The minimum absolute atomic E-state index is 0.111. The van der Waals surface area contributed by atoms with Gasteiger partial charge in [0.2, 0.25) is 5.88 Å². The second-order valence-corrected chi connectivity index (χ2v) is 6.58. The van der Waals surface area contributed by atoms with Crippen LogP contribution in [0.2, 0.25) is 5.02 Å². The largest absolute Gasteiger partial charge is 0.476 e. The first kappa shape index (κ1) is 17.7. The molecule has 130 valence electrons. The first-order chi connectivity index (χ1) is 12.4. The van der Waals surface area contributed by atoms with Crippen LogP contribution in [0.3, 0.4) is 0 Å². The van der Waals surface area contributed by atoms with Gasteiger partial charge in [-0.2, -0.15) is 10.5 Å². The second kappa shape index (κ2) is 7.03. The fourth-order valence-electron chi connectivity index (χ4n) is 2.53. The van der Waals surface area contributed by atoms with Gasteiger partial charge < -0.3 is 9.30 Å². The number of hydrogen-bond donors (Lipinski definition) is 0. The normalized spacial score (nSPS) is 10.7. The molecule has 0 fully saturated rings. The summed E-state index contributed by atoms with van der Waals surface area (Å²) in [5.41, 5.74) is 1.22. The molecule has 26 heavy (non-hydrogen) atoms. The van der Waals surface area contributed by atoms with Crippen molar-refractivity contribution in [3.05, 3.63) is 52.6 Å². The van der Waals surface area contributed by atoms with Crippen LogP contribution in [0, 0.1) is 34.4 Å². The number of hydrogen-bond acceptors (Lipinski definition) is 4. The molecule has 0 aliphatic heterocycles. The molecule has 0 radical (unpaired) electrons. The Hall–Kier alpha value is -3.09. The maximum Gasteiger partial charge on any atom is 0.232 e. The molecule has 0 unspecified atom stereocenters. The highest BCUT2D eigenvalue weighted by molar-refractivity contribution is 6.32. The number of pyridine rings is 1. The van der Waals surface area contributed by atoms with E-state index in [1.54, 1.807) is 22.9 Å². The van der Waals surface area contributed by atoms with E-state index in [2.05, 4.69) is 11.1 Å². The van der Waals surface area contributed by atoms with Crippen molar-refractivity contribution in [3.8, 4) is 23.7 Å². The van der Waals surface area contributed by atoms with Crippen LogP contribution in [-0.2, 0) is 0 Å². The topological polar surface area (TPSA) is 74.6 Å². The first-order valence-electron chi connectivity index (χ1n) is 7.88. The van der Waals surface area contributed by atoms with Crippen molar-refractivity contribution < 1.29 is 9.13 Å². The summed E-state index contributed by atoms with van der Waals surface area (Å²) in [6, 6.07) is 8.08. The highest BCUT2D eigenvalue weighted by Crippen LogP contribution is 2.30. The molecule has 2 aromatic heterocycles. The maximum absolute atomic E-state index is 14.1. The zero-order chi connectivity index (χ0) is 18.8. The summed E-state index contributed by atoms with van der Waals surface area (Å²) in [5, 5.41) is 19.2. The first-order valence-corrected chi connectivity index (χ1v) is 8.26. The van der Waals surface area contributed by atoms with E-state index in [9.17, 15) is 9.65 Å². The number of aromatic nitrogens is 2. The fraction of sp³-hybridized carbons (Fsp3) is 0.211. The molecule has 0 saturated heterocycles. The minimum Gasteiger partial charge on any atom is -0.476 e. The zero-order valence-electron chi connectivity index (χ0n) is 14.1. The van der Waals surface area contributed by atoms with Crippen LogP contribution in [0.1, 0.15) is 25.0 Å². The molecule has 0 aliphatic rings. The van der Waals surface area contributed by atoms with Gasteiger partial charge >= 0.3 is 0 Å². The Labute approximate surface area is 154 Å². The molecule has 2 heterocycles. The minimum atomic E-state index is -0.653. The van der Waals surface area contributed by atoms with Crippen LogP contribution in [0.25, 0.3) is 16.6 Å². The lowest BCUT2D eigenvalue weighted by molar-refractivity contribution is 0.261. The van der Waals surface area contributed by atoms with Crippen LogP contribution >= 0.6 is 11.6 Å². The molecular formula is C19H14ClFN4O. The lowest BCUT2D eigenvalue weighted by atomic mass is 10.1. The molecule has 1 aromatic carbocycles. The van der Waals surface area contributed by atoms with Crippen LogP contribution in [-0.4, -0.2) is 16.2 Å². The van der Waals surface area contributed by atoms with Gasteiger partial charge in [0.05, 0.1) is 35.1 Å². The monoisotopic (exact) mass is 368 g/mol. The van der Waals surface area contributed by atoms with E-state index in [1.807, 2.05) is 13.8 Å². The molecule has 7 heteroatoms. The van der Waals surface area contributed by atoms with Crippen molar-refractivity contribution >= 4 is 22.5 Å². The van der Waals surface area contributed by atoms with Crippen LogP contribution in [0.5, 0.6) is 5.88 Å². The molecule has 0 amide bonds. The number of fused-ring (bicyclic) bond motifs is 1. The number of benzene rings is 1. The predicted molar refractivity (Wildman–Crippen MR) is 95.8 cm³/mol. The Kier molecular flexibility index (Phi) is 4.79. The summed E-state index contributed by atoms with van der Waals surface area (Å²) >= 11 is 6.25. The van der Waals surface area contributed by atoms with Crippen molar-refractivity contribution in [2.45, 2.75) is 13.8 Å². The van der Waals surface area contributed by atoms with Crippen LogP contribution < -0.4 is 4.74 Å². The van der Waals surface area contributed by atoms with Crippen LogP contribution in [0.4, 0.5) is 4.39 Å². The van der Waals surface area contributed by atoms with Crippen molar-refractivity contribution in [3.63, 3.8) is 0 Å². The molecule has 0 bridgehead atoms. The smallest absolute Gasteiger partial charge is 0.232 e. The van der Waals surface area contributed by atoms with Crippen molar-refractivity contribution in [2.24, 2.45) is 5.92 Å². The van der Waals surface area contributed by atoms with Crippen molar-refractivity contribution in [1.82, 2.24) is 9.55 Å². The SMILES string of the molecule is CC(C)COc1ncc(-n2cc(C#N)c3cc(C#N)c(F)cc32)cc1Cl. The third kappa shape index (κ3) is 3.20. The Morgan fingerprint density at radius 3 is 2.58 bits per heavy atom. The van der Waals surface area contributed by atoms with Gasteiger partial charge in [0, 0.05) is 11.6 Å². The number of halogens is 2. The summed E-state index contributed by atoms with van der Waals surface area (Å²) in [6.07, 6.45) is 3.10. The number of ether oxygens (including phenoxy) is 1. The number of rotatable bonds is 4. The van der Waals surface area contributed by atoms with E-state index >= 15 is 0 Å². The van der Waals surface area contributed by atoms with Gasteiger partial charge in [-0.3, -0.25) is 0 Å². The van der Waals surface area contributed by atoms with E-state index in [1.165, 1.54) is 18.3 Å². The molecular weight excluding hydrogens is 355 g/mol. The Morgan fingerprint density at radius 1 is 1.23 bits per heavy atom. The summed E-state index contributed by atoms with van der Waals surface area (Å²) in [6.45, 7) is 4.52. The van der Waals surface area contributed by atoms with E-state index in [0.29, 0.717) is 45.6 Å². The summed E-state index contributed by atoms with van der Waals surface area (Å²) in [7, 11) is 0. The van der Waals surface area contributed by atoms with Gasteiger partial charge in [0.15, 0.2) is 0 Å². The molecule has 5 nitrogen and oxygen atoms in total. The third-order valence-corrected chi connectivity index (χ3v) is 4.03. The third-order valence-electron chi connectivity index (χ3n) is 3.76. The molecule has 0 aliphatic carbocycles. The quantitative estimate of drug-likeness (QED) is 0.674. The second-order valence-electron chi connectivity index (χ2n) is 6.17. The van der Waals surface area contributed by atoms with Crippen molar-refractivity contribution in [2.75, 3.05) is 6.61 Å². The highest BCUT2D eigenvalue weighted by atomic mass is 35.5. The van der Waals surface area contributed by atoms with E-state index in [0.717, 1.165) is 0 Å². The Morgan fingerprint density at radius 2 is 1.96 bits per heavy atom. The van der Waals surface area contributed by atoms with E-state index < -0.39 is 5.82 Å². The zero-order valence-corrected chi connectivity index (χ0v) is 14.9. The fourth-order valence-corrected chi connectivity index (χ4v) is 2.75. The molecule has 0 N–H and O–H groups in total. The summed E-state index contributed by atoms with van der Waals surface area (Å²) < 4.78 is 21.2. The maximum atomic E-state index is 14.1. The van der Waals surface area contributed by atoms with Gasteiger partial charge in [-0.25, -0.2) is 9.37 Å². The van der Waals surface area contributed by atoms with Crippen LogP contribution in [0.15, 0.2) is 30.6 Å². The van der Waals surface area contributed by atoms with Gasteiger partial charge in [0.25, 0.3) is 0 Å². The summed E-state index contributed by atoms with van der Waals surface area (Å²) in [4.78, 5) is 4.22. The lowest BCUT2D eigenvalue weighted by Crippen LogP contribution is -2.06. The van der Waals surface area contributed by atoms with Gasteiger partial charge in [-0.15, -0.1) is 0 Å². The van der Waals surface area contributed by atoms with Crippen molar-refractivity contribution in [1.29, 1.82) is 10.5 Å². The lowest BCUT2D eigenvalue weighted by Gasteiger charge is -2.11. The average molecular weight is 369 g/mol. The van der Waals surface area contributed by atoms with E-state index in [-0.39, 0.29) is 5.56 Å². The highest BCUT2D eigenvalue weighted by Gasteiger charge is 2.15. The molecule has 0 spiro atoms. The average Bonchev–Trinajstić information content (AvgIpc) is 2.97. The standard InChI is InChI=1S/C19H14ClFN4O/c1-11(2)10-26-19-16(20)4-14(8-24-19)25-9-13(7-23)15-3-12(6-22)17(21)5-18(15)25/h3-5,8-9,11H,10H2,1-2H3. The molecule has 3 rings (SSSR count). The van der Waals surface area contributed by atoms with Gasteiger partial charge in [-0.1, -0.05) is 25.4 Å². The number of nitrogens with zero attached hydrogens (tertiary/aromatic N) is 4.